The zero-order chi connectivity index (χ0) is 22.8. The van der Waals surface area contributed by atoms with Gasteiger partial charge in [-0.2, -0.15) is 5.10 Å². The topological polar surface area (TPSA) is 59.3 Å². The molecule has 2 heterocycles. The summed E-state index contributed by atoms with van der Waals surface area (Å²) in [4.78, 5) is 17.4. The van der Waals surface area contributed by atoms with Crippen LogP contribution in [0.15, 0.2) is 54.6 Å². The van der Waals surface area contributed by atoms with Gasteiger partial charge in [0, 0.05) is 23.4 Å². The smallest absolute Gasteiger partial charge is 0.220 e. The molecule has 4 aromatic rings. The molecular formula is C26H27FN4O. The molecule has 0 fully saturated rings. The highest BCUT2D eigenvalue weighted by Crippen LogP contribution is 2.29. The third kappa shape index (κ3) is 4.26. The molecule has 0 bridgehead atoms. The number of rotatable bonds is 6. The van der Waals surface area contributed by atoms with E-state index in [1.54, 1.807) is 12.1 Å². The van der Waals surface area contributed by atoms with Crippen molar-refractivity contribution >= 4 is 11.6 Å². The summed E-state index contributed by atoms with van der Waals surface area (Å²) in [5.74, 6) is -0.269. The second kappa shape index (κ2) is 8.91. The average Bonchev–Trinajstić information content (AvgIpc) is 3.10. The Morgan fingerprint density at radius 3 is 2.41 bits per heavy atom. The van der Waals surface area contributed by atoms with Crippen molar-refractivity contribution in [3.05, 3.63) is 88.6 Å². The first kappa shape index (κ1) is 21.7. The van der Waals surface area contributed by atoms with E-state index >= 15 is 0 Å². The van der Waals surface area contributed by atoms with Gasteiger partial charge in [-0.1, -0.05) is 42.5 Å². The molecule has 0 radical (unpaired) electrons. The maximum atomic E-state index is 13.4. The SMILES string of the molecule is Cc1nc2c(-c3ccc(F)cc3)c(C)nn2c(C)c1CCC(=O)N[C@@H](C)c1ccccc1. The predicted octanol–water partition coefficient (Wildman–Crippen LogP) is 5.27. The lowest BCUT2D eigenvalue weighted by Gasteiger charge is -2.15. The van der Waals surface area contributed by atoms with E-state index in [9.17, 15) is 9.18 Å². The van der Waals surface area contributed by atoms with Crippen molar-refractivity contribution in [3.63, 3.8) is 0 Å². The number of aromatic nitrogens is 3. The van der Waals surface area contributed by atoms with Gasteiger partial charge in [-0.15, -0.1) is 0 Å². The third-order valence-electron chi connectivity index (χ3n) is 5.91. The van der Waals surface area contributed by atoms with E-state index in [1.807, 2.05) is 62.5 Å². The van der Waals surface area contributed by atoms with Gasteiger partial charge < -0.3 is 5.32 Å². The number of fused-ring (bicyclic) bond motifs is 1. The lowest BCUT2D eigenvalue weighted by atomic mass is 10.0. The lowest BCUT2D eigenvalue weighted by molar-refractivity contribution is -0.121. The molecule has 0 aliphatic rings. The Balaban J connectivity index is 1.56. The van der Waals surface area contributed by atoms with Crippen molar-refractivity contribution in [2.24, 2.45) is 0 Å². The maximum Gasteiger partial charge on any atom is 0.220 e. The monoisotopic (exact) mass is 430 g/mol. The summed E-state index contributed by atoms with van der Waals surface area (Å²) in [7, 11) is 0. The van der Waals surface area contributed by atoms with Gasteiger partial charge in [-0.3, -0.25) is 4.79 Å². The molecule has 6 heteroatoms. The lowest BCUT2D eigenvalue weighted by Crippen LogP contribution is -2.27. The van der Waals surface area contributed by atoms with Crippen LogP contribution in [0, 0.1) is 26.6 Å². The van der Waals surface area contributed by atoms with Crippen molar-refractivity contribution < 1.29 is 9.18 Å². The molecule has 1 N–H and O–H groups in total. The zero-order valence-electron chi connectivity index (χ0n) is 18.8. The Hall–Kier alpha value is -3.54. The molecule has 5 nitrogen and oxygen atoms in total. The first-order chi connectivity index (χ1) is 15.3. The average molecular weight is 431 g/mol. The van der Waals surface area contributed by atoms with Crippen LogP contribution in [-0.2, 0) is 11.2 Å². The van der Waals surface area contributed by atoms with Gasteiger partial charge >= 0.3 is 0 Å². The van der Waals surface area contributed by atoms with Crippen LogP contribution >= 0.6 is 0 Å². The Morgan fingerprint density at radius 1 is 1.03 bits per heavy atom. The standard InChI is InChI=1S/C26H27FN4O/c1-16(20-8-6-5-7-9-20)28-24(32)15-14-23-17(2)29-26-25(18(3)30-31(26)19(23)4)21-10-12-22(27)13-11-21/h5-13,16H,14-15H2,1-4H3,(H,28,32)/t16-/m0/s1. The number of halogens is 1. The van der Waals surface area contributed by atoms with Gasteiger partial charge in [0.1, 0.15) is 5.82 Å². The Bertz CT molecular complexity index is 1260. The third-order valence-corrected chi connectivity index (χ3v) is 5.91. The number of amides is 1. The quantitative estimate of drug-likeness (QED) is 0.453. The van der Waals surface area contributed by atoms with Crippen LogP contribution in [0.2, 0.25) is 0 Å². The number of carbonyl (C=O) groups excluding carboxylic acids is 1. The molecule has 0 spiro atoms. The molecular weight excluding hydrogens is 403 g/mol. The molecule has 0 saturated heterocycles. The second-order valence-corrected chi connectivity index (χ2v) is 8.16. The fraction of sp³-hybridized carbons (Fsp3) is 0.269. The summed E-state index contributed by atoms with van der Waals surface area (Å²) in [6.07, 6.45) is 0.954. The summed E-state index contributed by atoms with van der Waals surface area (Å²) in [5, 5.41) is 7.76. The Kier molecular flexibility index (Phi) is 6.04. The van der Waals surface area contributed by atoms with Crippen LogP contribution in [0.3, 0.4) is 0 Å². The second-order valence-electron chi connectivity index (χ2n) is 8.16. The summed E-state index contributed by atoms with van der Waals surface area (Å²) < 4.78 is 15.2. The van der Waals surface area contributed by atoms with Crippen LogP contribution in [0.25, 0.3) is 16.8 Å². The summed E-state index contributed by atoms with van der Waals surface area (Å²) in [6.45, 7) is 7.88. The Morgan fingerprint density at radius 2 is 1.72 bits per heavy atom. The molecule has 32 heavy (non-hydrogen) atoms. The molecule has 164 valence electrons. The minimum Gasteiger partial charge on any atom is -0.350 e. The van der Waals surface area contributed by atoms with Gasteiger partial charge in [0.15, 0.2) is 5.65 Å². The summed E-state index contributed by atoms with van der Waals surface area (Å²) in [6, 6.07) is 16.3. The highest BCUT2D eigenvalue weighted by Gasteiger charge is 2.19. The fourth-order valence-corrected chi connectivity index (χ4v) is 4.16. The number of nitrogens with one attached hydrogen (secondary N) is 1. The number of benzene rings is 2. The van der Waals surface area contributed by atoms with Crippen molar-refractivity contribution in [2.75, 3.05) is 0 Å². The number of nitrogens with zero attached hydrogens (tertiary/aromatic N) is 3. The molecule has 0 saturated carbocycles. The van der Waals surface area contributed by atoms with Gasteiger partial charge in [0.25, 0.3) is 0 Å². The first-order valence-electron chi connectivity index (χ1n) is 10.8. The number of hydrogen-bond donors (Lipinski definition) is 1. The normalized spacial score (nSPS) is 12.2. The van der Waals surface area contributed by atoms with E-state index in [0.717, 1.165) is 45.0 Å². The van der Waals surface area contributed by atoms with E-state index < -0.39 is 0 Å². The summed E-state index contributed by atoms with van der Waals surface area (Å²) >= 11 is 0. The van der Waals surface area contributed by atoms with Crippen molar-refractivity contribution in [2.45, 2.75) is 46.6 Å². The van der Waals surface area contributed by atoms with Crippen LogP contribution in [0.1, 0.15) is 47.6 Å². The highest BCUT2D eigenvalue weighted by atomic mass is 19.1. The maximum absolute atomic E-state index is 13.4. The van der Waals surface area contributed by atoms with Crippen molar-refractivity contribution in [1.82, 2.24) is 19.9 Å². The molecule has 1 amide bonds. The van der Waals surface area contributed by atoms with Crippen LogP contribution < -0.4 is 5.32 Å². The largest absolute Gasteiger partial charge is 0.350 e. The summed E-state index contributed by atoms with van der Waals surface area (Å²) in [5.41, 5.74) is 7.30. The van der Waals surface area contributed by atoms with E-state index in [-0.39, 0.29) is 17.8 Å². The van der Waals surface area contributed by atoms with Crippen LogP contribution in [-0.4, -0.2) is 20.5 Å². The van der Waals surface area contributed by atoms with Crippen LogP contribution in [0.4, 0.5) is 4.39 Å². The van der Waals surface area contributed by atoms with E-state index in [1.165, 1.54) is 12.1 Å². The molecule has 0 aliphatic heterocycles. The Labute approximate surface area is 187 Å². The van der Waals surface area contributed by atoms with Crippen molar-refractivity contribution in [3.8, 4) is 11.1 Å². The molecule has 2 aromatic heterocycles. The van der Waals surface area contributed by atoms with Gasteiger partial charge in [0.05, 0.1) is 11.7 Å². The highest BCUT2D eigenvalue weighted by molar-refractivity contribution is 5.80. The molecule has 0 unspecified atom stereocenters. The van der Waals surface area contributed by atoms with Gasteiger partial charge in [0.2, 0.25) is 5.91 Å². The van der Waals surface area contributed by atoms with Crippen molar-refractivity contribution in [1.29, 1.82) is 0 Å². The van der Waals surface area contributed by atoms with E-state index in [2.05, 4.69) is 10.4 Å². The fourth-order valence-electron chi connectivity index (χ4n) is 4.16. The zero-order valence-corrected chi connectivity index (χ0v) is 18.8. The minimum absolute atomic E-state index is 0.00361. The predicted molar refractivity (Wildman–Crippen MR) is 124 cm³/mol. The number of carbonyl (C=O) groups is 1. The van der Waals surface area contributed by atoms with Crippen LogP contribution in [0.5, 0.6) is 0 Å². The number of aryl methyl sites for hydroxylation is 3. The molecule has 1 atom stereocenters. The number of hydrogen-bond acceptors (Lipinski definition) is 3. The molecule has 4 rings (SSSR count). The first-order valence-corrected chi connectivity index (χ1v) is 10.8. The molecule has 0 aliphatic carbocycles. The van der Waals surface area contributed by atoms with Gasteiger partial charge in [-0.25, -0.2) is 13.9 Å². The molecule has 2 aromatic carbocycles. The van der Waals surface area contributed by atoms with E-state index in [0.29, 0.717) is 12.8 Å². The minimum atomic E-state index is -0.273. The van der Waals surface area contributed by atoms with E-state index in [4.69, 9.17) is 4.98 Å². The van der Waals surface area contributed by atoms with Gasteiger partial charge in [-0.05, 0) is 62.9 Å².